The van der Waals surface area contributed by atoms with Crippen molar-refractivity contribution < 1.29 is 14.1 Å². The molecule has 0 aliphatic carbocycles. The molecule has 0 aliphatic rings. The summed E-state index contributed by atoms with van der Waals surface area (Å²) in [6.07, 6.45) is 4.20. The molecule has 0 saturated carbocycles. The molecule has 0 aliphatic heterocycles. The van der Waals surface area contributed by atoms with E-state index in [2.05, 4.69) is 5.32 Å². The number of rotatable bonds is 4. The molecule has 0 atom stereocenters. The van der Waals surface area contributed by atoms with Crippen molar-refractivity contribution in [3.63, 3.8) is 0 Å². The predicted octanol–water partition coefficient (Wildman–Crippen LogP) is 2.73. The average Bonchev–Trinajstić information content (AvgIpc) is 2.98. The lowest BCUT2D eigenvalue weighted by Crippen LogP contribution is -2.13. The van der Waals surface area contributed by atoms with Gasteiger partial charge < -0.3 is 9.73 Å². The molecule has 1 N–H and O–H groups in total. The summed E-state index contributed by atoms with van der Waals surface area (Å²) in [6.45, 7) is 0. The number of anilines is 1. The van der Waals surface area contributed by atoms with E-state index in [1.807, 2.05) is 0 Å². The first-order valence-electron chi connectivity index (χ1n) is 5.80. The van der Waals surface area contributed by atoms with Gasteiger partial charge in [0.25, 0.3) is 11.6 Å². The van der Waals surface area contributed by atoms with Crippen LogP contribution in [-0.4, -0.2) is 10.8 Å². The lowest BCUT2D eigenvalue weighted by molar-refractivity contribution is -0.384. The molecule has 7 heteroatoms. The van der Waals surface area contributed by atoms with Gasteiger partial charge in [-0.15, -0.1) is 0 Å². The van der Waals surface area contributed by atoms with Gasteiger partial charge in [0, 0.05) is 23.4 Å². The Kier molecular flexibility index (Phi) is 4.11. The lowest BCUT2D eigenvalue weighted by atomic mass is 10.2. The molecule has 2 rings (SSSR count). The first-order chi connectivity index (χ1) is 10.1. The van der Waals surface area contributed by atoms with Gasteiger partial charge >= 0.3 is 0 Å². The number of benzene rings is 1. The van der Waals surface area contributed by atoms with Crippen molar-refractivity contribution >= 4 is 23.4 Å². The van der Waals surface area contributed by atoms with Gasteiger partial charge in [0.15, 0.2) is 0 Å². The normalized spacial score (nSPS) is 10.7. The average molecular weight is 283 g/mol. The highest BCUT2D eigenvalue weighted by Crippen LogP contribution is 2.16. The summed E-state index contributed by atoms with van der Waals surface area (Å²) in [5.41, 5.74) is 0.765. The van der Waals surface area contributed by atoms with Gasteiger partial charge in [-0.25, -0.2) is 0 Å². The van der Waals surface area contributed by atoms with Crippen LogP contribution in [0.25, 0.3) is 6.08 Å². The quantitative estimate of drug-likeness (QED) is 0.401. The van der Waals surface area contributed by atoms with E-state index in [0.29, 0.717) is 11.3 Å². The Morgan fingerprint density at radius 2 is 2.05 bits per heavy atom. The standard InChI is InChI=1S/C14H9N3O4/c15-8-11(7-10-5-6-21-9-10)14(18)16-12-1-3-13(4-2-12)17(19)20/h1-7,9H,(H,16,18)/b11-7+. The molecule has 104 valence electrons. The molecular formula is C14H9N3O4. The Labute approximate surface area is 119 Å². The number of hydrogen-bond acceptors (Lipinski definition) is 5. The SMILES string of the molecule is N#C/C(=C\c1ccoc1)C(=O)Nc1ccc([N+](=O)[O-])cc1. The lowest BCUT2D eigenvalue weighted by Gasteiger charge is -2.03. The fraction of sp³-hybridized carbons (Fsp3) is 0. The van der Waals surface area contributed by atoms with Crippen molar-refractivity contribution in [1.29, 1.82) is 5.26 Å². The summed E-state index contributed by atoms with van der Waals surface area (Å²) < 4.78 is 4.84. The molecule has 2 aromatic rings. The number of nitriles is 1. The van der Waals surface area contributed by atoms with Gasteiger partial charge in [0.2, 0.25) is 0 Å². The third-order valence-corrected chi connectivity index (χ3v) is 2.56. The van der Waals surface area contributed by atoms with Gasteiger partial charge in [-0.05, 0) is 24.3 Å². The summed E-state index contributed by atoms with van der Waals surface area (Å²) in [5, 5.41) is 22.0. The van der Waals surface area contributed by atoms with Crippen molar-refractivity contribution in [2.45, 2.75) is 0 Å². The van der Waals surface area contributed by atoms with E-state index in [-0.39, 0.29) is 11.3 Å². The smallest absolute Gasteiger partial charge is 0.269 e. The van der Waals surface area contributed by atoms with Crippen LogP contribution >= 0.6 is 0 Å². The Hall–Kier alpha value is -3.40. The van der Waals surface area contributed by atoms with Crippen LogP contribution in [-0.2, 0) is 4.79 Å². The van der Waals surface area contributed by atoms with E-state index >= 15 is 0 Å². The molecule has 7 nitrogen and oxygen atoms in total. The number of non-ortho nitro benzene ring substituents is 1. The Balaban J connectivity index is 2.13. The zero-order valence-electron chi connectivity index (χ0n) is 10.6. The van der Waals surface area contributed by atoms with Crippen molar-refractivity contribution in [3.05, 3.63) is 64.1 Å². The molecule has 0 bridgehead atoms. The second-order valence-electron chi connectivity index (χ2n) is 3.98. The second kappa shape index (κ2) is 6.16. The van der Waals surface area contributed by atoms with Crippen LogP contribution in [0.3, 0.4) is 0 Å². The number of carbonyl (C=O) groups excluding carboxylic acids is 1. The van der Waals surface area contributed by atoms with E-state index in [1.165, 1.54) is 42.9 Å². The molecule has 0 radical (unpaired) electrons. The first-order valence-corrected chi connectivity index (χ1v) is 5.80. The molecule has 0 spiro atoms. The van der Waals surface area contributed by atoms with Crippen LogP contribution in [0.15, 0.2) is 52.8 Å². The van der Waals surface area contributed by atoms with E-state index < -0.39 is 10.8 Å². The highest BCUT2D eigenvalue weighted by atomic mass is 16.6. The molecule has 0 unspecified atom stereocenters. The summed E-state index contributed by atoms with van der Waals surface area (Å²) in [6, 6.07) is 8.71. The van der Waals surface area contributed by atoms with Crippen LogP contribution < -0.4 is 5.32 Å². The number of furan rings is 1. The van der Waals surface area contributed by atoms with Gasteiger partial charge in [-0.3, -0.25) is 14.9 Å². The minimum absolute atomic E-state index is 0.0811. The van der Waals surface area contributed by atoms with E-state index in [4.69, 9.17) is 9.68 Å². The van der Waals surface area contributed by atoms with Gasteiger partial charge in [-0.1, -0.05) is 0 Å². The van der Waals surface area contributed by atoms with Crippen LogP contribution in [0.4, 0.5) is 11.4 Å². The predicted molar refractivity (Wildman–Crippen MR) is 74.0 cm³/mol. The molecule has 1 aromatic heterocycles. The van der Waals surface area contributed by atoms with E-state index in [0.717, 1.165) is 0 Å². The molecule has 0 saturated heterocycles. The zero-order chi connectivity index (χ0) is 15.2. The van der Waals surface area contributed by atoms with Crippen LogP contribution in [0.2, 0.25) is 0 Å². The molecule has 21 heavy (non-hydrogen) atoms. The maximum atomic E-state index is 11.9. The van der Waals surface area contributed by atoms with E-state index in [1.54, 1.807) is 12.1 Å². The molecular weight excluding hydrogens is 274 g/mol. The number of nitro benzene ring substituents is 1. The molecule has 1 aromatic carbocycles. The first kappa shape index (κ1) is 14.0. The van der Waals surface area contributed by atoms with E-state index in [9.17, 15) is 14.9 Å². The number of nitrogens with zero attached hydrogens (tertiary/aromatic N) is 2. The number of amides is 1. The number of nitrogens with one attached hydrogen (secondary N) is 1. The second-order valence-corrected chi connectivity index (χ2v) is 3.98. The number of carbonyl (C=O) groups is 1. The zero-order valence-corrected chi connectivity index (χ0v) is 10.6. The van der Waals surface area contributed by atoms with Crippen LogP contribution in [0.1, 0.15) is 5.56 Å². The van der Waals surface area contributed by atoms with Gasteiger partial charge in [0.1, 0.15) is 11.6 Å². The molecule has 1 amide bonds. The Bertz CT molecular complexity index is 725. The summed E-state index contributed by atoms with van der Waals surface area (Å²) in [4.78, 5) is 21.9. The number of nitro groups is 1. The fourth-order valence-electron chi connectivity index (χ4n) is 1.54. The minimum atomic E-state index is -0.604. The summed E-state index contributed by atoms with van der Waals surface area (Å²) in [7, 11) is 0. The third-order valence-electron chi connectivity index (χ3n) is 2.56. The molecule has 0 fully saturated rings. The van der Waals surface area contributed by atoms with Crippen LogP contribution in [0.5, 0.6) is 0 Å². The summed E-state index contributed by atoms with van der Waals surface area (Å²) in [5.74, 6) is -0.604. The van der Waals surface area contributed by atoms with Crippen LogP contribution in [0, 0.1) is 21.4 Å². The fourth-order valence-corrected chi connectivity index (χ4v) is 1.54. The Morgan fingerprint density at radius 3 is 2.57 bits per heavy atom. The van der Waals surface area contributed by atoms with Crippen molar-refractivity contribution in [3.8, 4) is 6.07 Å². The van der Waals surface area contributed by atoms with Crippen molar-refractivity contribution in [2.24, 2.45) is 0 Å². The summed E-state index contributed by atoms with van der Waals surface area (Å²) >= 11 is 0. The topological polar surface area (TPSA) is 109 Å². The van der Waals surface area contributed by atoms with Gasteiger partial charge in [-0.2, -0.15) is 5.26 Å². The highest BCUT2D eigenvalue weighted by molar-refractivity contribution is 6.09. The largest absolute Gasteiger partial charge is 0.472 e. The monoisotopic (exact) mass is 283 g/mol. The highest BCUT2D eigenvalue weighted by Gasteiger charge is 2.11. The molecule has 1 heterocycles. The Morgan fingerprint density at radius 1 is 1.33 bits per heavy atom. The maximum absolute atomic E-state index is 11.9. The maximum Gasteiger partial charge on any atom is 0.269 e. The van der Waals surface area contributed by atoms with Crippen molar-refractivity contribution in [2.75, 3.05) is 5.32 Å². The minimum Gasteiger partial charge on any atom is -0.472 e. The third kappa shape index (κ3) is 3.54. The number of hydrogen-bond donors (Lipinski definition) is 1. The van der Waals surface area contributed by atoms with Crippen molar-refractivity contribution in [1.82, 2.24) is 0 Å². The van der Waals surface area contributed by atoms with Gasteiger partial charge in [0.05, 0.1) is 17.4 Å².